The molecule has 0 aliphatic heterocycles. The average molecular weight is 353 g/mol. The molecule has 2 aromatic heterocycles. The number of hydrogen-bond acceptors (Lipinski definition) is 6. The van der Waals surface area contributed by atoms with Crippen molar-refractivity contribution in [3.05, 3.63) is 47.6 Å². The first-order valence-corrected chi connectivity index (χ1v) is 8.61. The molecule has 2 heterocycles. The van der Waals surface area contributed by atoms with Gasteiger partial charge in [-0.05, 0) is 30.0 Å². The first-order chi connectivity index (χ1) is 12.4. The number of aromatic nitrogens is 3. The van der Waals surface area contributed by atoms with Crippen molar-refractivity contribution < 1.29 is 9.21 Å². The minimum absolute atomic E-state index is 0.0420. The Morgan fingerprint density at radius 3 is 2.58 bits per heavy atom. The second-order valence-corrected chi connectivity index (χ2v) is 7.05. The van der Waals surface area contributed by atoms with E-state index in [-0.39, 0.29) is 17.9 Å². The van der Waals surface area contributed by atoms with Crippen LogP contribution in [0.15, 0.2) is 35.0 Å². The molecule has 3 aromatic rings. The summed E-state index contributed by atoms with van der Waals surface area (Å²) >= 11 is 0. The van der Waals surface area contributed by atoms with Crippen LogP contribution in [0.5, 0.6) is 0 Å². The summed E-state index contributed by atoms with van der Waals surface area (Å²) in [5, 5.41) is 5.76. The van der Waals surface area contributed by atoms with Crippen LogP contribution in [-0.2, 0) is 12.0 Å². The zero-order valence-electron chi connectivity index (χ0n) is 15.5. The predicted molar refractivity (Wildman–Crippen MR) is 100 cm³/mol. The fourth-order valence-corrected chi connectivity index (χ4v) is 2.47. The van der Waals surface area contributed by atoms with Crippen LogP contribution >= 0.6 is 0 Å². The minimum atomic E-state index is -0.273. The van der Waals surface area contributed by atoms with Crippen molar-refractivity contribution in [2.24, 2.45) is 0 Å². The lowest BCUT2D eigenvalue weighted by Crippen LogP contribution is -2.23. The minimum Gasteiger partial charge on any atom is -0.439 e. The lowest BCUT2D eigenvalue weighted by molar-refractivity contribution is 0.0947. The van der Waals surface area contributed by atoms with Crippen LogP contribution < -0.4 is 10.6 Å². The van der Waals surface area contributed by atoms with Gasteiger partial charge in [0.05, 0.1) is 12.1 Å². The van der Waals surface area contributed by atoms with Crippen LogP contribution in [-0.4, -0.2) is 27.4 Å². The number of rotatable bonds is 5. The summed E-state index contributed by atoms with van der Waals surface area (Å²) in [4.78, 5) is 24.9. The normalized spacial score (nSPS) is 11.5. The highest BCUT2D eigenvalue weighted by Crippen LogP contribution is 2.26. The lowest BCUT2D eigenvalue weighted by Gasteiger charge is -2.18. The predicted octanol–water partition coefficient (Wildman–Crippen LogP) is 3.28. The van der Waals surface area contributed by atoms with Crippen molar-refractivity contribution >= 4 is 23.0 Å². The van der Waals surface area contributed by atoms with Gasteiger partial charge in [0, 0.05) is 18.9 Å². The van der Waals surface area contributed by atoms with E-state index in [1.807, 2.05) is 25.1 Å². The molecule has 136 valence electrons. The largest absolute Gasteiger partial charge is 0.439 e. The average Bonchev–Trinajstić information content (AvgIpc) is 3.02. The Hall–Kier alpha value is -2.96. The summed E-state index contributed by atoms with van der Waals surface area (Å²) in [7, 11) is 0. The van der Waals surface area contributed by atoms with Crippen molar-refractivity contribution in [3.63, 3.8) is 0 Å². The summed E-state index contributed by atoms with van der Waals surface area (Å²) in [6.45, 7) is 9.33. The molecule has 0 saturated heterocycles. The highest BCUT2D eigenvalue weighted by atomic mass is 16.3. The molecule has 0 spiro atoms. The summed E-state index contributed by atoms with van der Waals surface area (Å²) in [6.07, 6.45) is 2.98. The smallest absolute Gasteiger partial charge is 0.254 e. The van der Waals surface area contributed by atoms with Crippen LogP contribution in [0.25, 0.3) is 11.1 Å². The van der Waals surface area contributed by atoms with Gasteiger partial charge in [-0.2, -0.15) is 0 Å². The molecule has 26 heavy (non-hydrogen) atoms. The zero-order chi connectivity index (χ0) is 18.7. The van der Waals surface area contributed by atoms with E-state index in [1.54, 1.807) is 0 Å². The first-order valence-electron chi connectivity index (χ1n) is 8.61. The molecule has 0 aliphatic carbocycles. The number of hydrogen-bond donors (Lipinski definition) is 2. The number of benzene rings is 1. The molecule has 0 unspecified atom stereocenters. The fraction of sp³-hybridized carbons (Fsp3) is 0.368. The molecule has 3 rings (SSSR count). The van der Waals surface area contributed by atoms with Gasteiger partial charge in [0.25, 0.3) is 5.91 Å². The molecule has 0 fully saturated rings. The van der Waals surface area contributed by atoms with Crippen LogP contribution in [0.3, 0.4) is 0 Å². The molecule has 7 heteroatoms. The Labute approximate surface area is 152 Å². The Morgan fingerprint density at radius 2 is 1.92 bits per heavy atom. The third kappa shape index (κ3) is 3.99. The highest BCUT2D eigenvalue weighted by molar-refractivity contribution is 5.93. The second kappa shape index (κ2) is 7.11. The number of nitrogens with zero attached hydrogens (tertiary/aromatic N) is 3. The lowest BCUT2D eigenvalue weighted by atomic mass is 9.87. The number of nitrogens with one attached hydrogen (secondary N) is 2. The second-order valence-electron chi connectivity index (χ2n) is 7.05. The number of oxazole rings is 1. The molecule has 1 aromatic carbocycles. The summed E-state index contributed by atoms with van der Waals surface area (Å²) < 4.78 is 5.71. The molecule has 0 radical (unpaired) electrons. The molecular formula is C19H23N5O2. The molecule has 0 bridgehead atoms. The molecule has 0 atom stereocenters. The summed E-state index contributed by atoms with van der Waals surface area (Å²) in [5.74, 6) is 0.688. The van der Waals surface area contributed by atoms with Crippen molar-refractivity contribution in [3.8, 4) is 0 Å². The van der Waals surface area contributed by atoms with Crippen LogP contribution in [0.1, 0.15) is 49.5 Å². The van der Waals surface area contributed by atoms with Gasteiger partial charge >= 0.3 is 0 Å². The van der Waals surface area contributed by atoms with Crippen molar-refractivity contribution in [2.45, 2.75) is 39.7 Å². The Bertz CT molecular complexity index is 910. The van der Waals surface area contributed by atoms with Gasteiger partial charge in [-0.3, -0.25) is 4.79 Å². The number of fused-ring (bicyclic) bond motifs is 1. The van der Waals surface area contributed by atoms with Gasteiger partial charge in [-0.15, -0.1) is 0 Å². The van der Waals surface area contributed by atoms with Crippen LogP contribution in [0.2, 0.25) is 0 Å². The van der Waals surface area contributed by atoms with Gasteiger partial charge in [0.2, 0.25) is 11.8 Å². The third-order valence-electron chi connectivity index (χ3n) is 3.95. The van der Waals surface area contributed by atoms with Gasteiger partial charge < -0.3 is 15.1 Å². The van der Waals surface area contributed by atoms with Gasteiger partial charge in [0.15, 0.2) is 5.58 Å². The topological polar surface area (TPSA) is 92.9 Å². The van der Waals surface area contributed by atoms with Crippen molar-refractivity contribution in [2.75, 3.05) is 11.9 Å². The van der Waals surface area contributed by atoms with Gasteiger partial charge in [-0.1, -0.05) is 26.8 Å². The monoisotopic (exact) mass is 353 g/mol. The molecule has 0 aliphatic rings. The molecular weight excluding hydrogens is 330 g/mol. The number of carbonyl (C=O) groups excluding carboxylic acids is 1. The maximum absolute atomic E-state index is 12.2. The van der Waals surface area contributed by atoms with Crippen LogP contribution in [0.4, 0.5) is 5.95 Å². The van der Waals surface area contributed by atoms with E-state index in [0.29, 0.717) is 23.0 Å². The standard InChI is InChI=1S/C19H23N5O2/c1-5-20-18-22-9-12(10-23-18)17(25)21-11-16-24-14-8-13(19(2,3)4)6-7-15(14)26-16/h6-10H,5,11H2,1-4H3,(H,21,25)(H,20,22,23). The maximum Gasteiger partial charge on any atom is 0.254 e. The van der Waals surface area contributed by atoms with Crippen molar-refractivity contribution in [1.82, 2.24) is 20.3 Å². The van der Waals surface area contributed by atoms with E-state index in [1.165, 1.54) is 18.0 Å². The van der Waals surface area contributed by atoms with E-state index in [2.05, 4.69) is 46.4 Å². The number of anilines is 1. The van der Waals surface area contributed by atoms with E-state index >= 15 is 0 Å². The first kappa shape index (κ1) is 17.8. The maximum atomic E-state index is 12.2. The Morgan fingerprint density at radius 1 is 1.19 bits per heavy atom. The van der Waals surface area contributed by atoms with Crippen LogP contribution in [0, 0.1) is 0 Å². The zero-order valence-corrected chi connectivity index (χ0v) is 15.5. The Kier molecular flexibility index (Phi) is 4.88. The quantitative estimate of drug-likeness (QED) is 0.731. The van der Waals surface area contributed by atoms with E-state index < -0.39 is 0 Å². The Balaban J connectivity index is 1.68. The number of amides is 1. The molecule has 0 saturated carbocycles. The van der Waals surface area contributed by atoms with E-state index in [0.717, 1.165) is 12.1 Å². The number of carbonyl (C=O) groups is 1. The molecule has 2 N–H and O–H groups in total. The third-order valence-corrected chi connectivity index (χ3v) is 3.95. The summed E-state index contributed by atoms with van der Waals surface area (Å²) in [6, 6.07) is 5.98. The fourth-order valence-electron chi connectivity index (χ4n) is 2.47. The molecule has 1 amide bonds. The molecule has 7 nitrogen and oxygen atoms in total. The van der Waals surface area contributed by atoms with Crippen molar-refractivity contribution in [1.29, 1.82) is 0 Å². The van der Waals surface area contributed by atoms with E-state index in [9.17, 15) is 4.79 Å². The van der Waals surface area contributed by atoms with E-state index in [4.69, 9.17) is 4.42 Å². The summed E-state index contributed by atoms with van der Waals surface area (Å²) in [5.41, 5.74) is 3.12. The SMILES string of the molecule is CCNc1ncc(C(=O)NCc2nc3cc(C(C)(C)C)ccc3o2)cn1. The van der Waals surface area contributed by atoms with Gasteiger partial charge in [-0.25, -0.2) is 15.0 Å². The van der Waals surface area contributed by atoms with Gasteiger partial charge in [0.1, 0.15) is 5.52 Å². The highest BCUT2D eigenvalue weighted by Gasteiger charge is 2.16.